The van der Waals surface area contributed by atoms with Gasteiger partial charge in [-0.25, -0.2) is 4.79 Å². The second-order valence-corrected chi connectivity index (χ2v) is 3.91. The number of rotatable bonds is 6. The number of carboxylic acids is 1. The van der Waals surface area contributed by atoms with E-state index in [2.05, 4.69) is 0 Å². The highest BCUT2D eigenvalue weighted by atomic mass is 16.5. The summed E-state index contributed by atoms with van der Waals surface area (Å²) < 4.78 is 10.2. The maximum absolute atomic E-state index is 10.9. The second-order valence-electron chi connectivity index (χ2n) is 3.91. The molecule has 14 heavy (non-hydrogen) atoms. The molecule has 0 aromatic rings. The quantitative estimate of drug-likeness (QED) is 0.713. The van der Waals surface area contributed by atoms with Crippen molar-refractivity contribution in [1.82, 2.24) is 0 Å². The Bertz CT molecular complexity index is 185. The van der Waals surface area contributed by atoms with Crippen LogP contribution < -0.4 is 0 Å². The highest BCUT2D eigenvalue weighted by Crippen LogP contribution is 2.31. The number of hydrogen-bond donors (Lipinski definition) is 1. The summed E-state index contributed by atoms with van der Waals surface area (Å²) in [6.45, 7) is 5.64. The summed E-state index contributed by atoms with van der Waals surface area (Å²) in [5.74, 6) is -0.951. The highest BCUT2D eigenvalue weighted by molar-refractivity contribution is 5.73. The van der Waals surface area contributed by atoms with Gasteiger partial charge in [0.2, 0.25) is 0 Å². The average Bonchev–Trinajstić information content (AvgIpc) is 2.05. The zero-order valence-electron chi connectivity index (χ0n) is 9.53. The summed E-state index contributed by atoms with van der Waals surface area (Å²) in [5, 5.41) is 8.97. The Morgan fingerprint density at radius 3 is 2.07 bits per heavy atom. The Morgan fingerprint density at radius 2 is 1.86 bits per heavy atom. The van der Waals surface area contributed by atoms with Crippen LogP contribution in [0.15, 0.2) is 0 Å². The third-order valence-corrected chi connectivity index (χ3v) is 2.62. The molecular weight excluding hydrogens is 184 g/mol. The van der Waals surface area contributed by atoms with E-state index in [4.69, 9.17) is 14.6 Å². The number of aliphatic carboxylic acids is 1. The van der Waals surface area contributed by atoms with Crippen molar-refractivity contribution in [3.8, 4) is 0 Å². The van der Waals surface area contributed by atoms with Crippen LogP contribution in [0.5, 0.6) is 0 Å². The van der Waals surface area contributed by atoms with Gasteiger partial charge >= 0.3 is 5.97 Å². The monoisotopic (exact) mass is 204 g/mol. The molecule has 84 valence electrons. The first kappa shape index (κ1) is 13.4. The zero-order chi connectivity index (χ0) is 11.4. The van der Waals surface area contributed by atoms with Crippen molar-refractivity contribution in [3.05, 3.63) is 0 Å². The first-order valence-electron chi connectivity index (χ1n) is 4.70. The van der Waals surface area contributed by atoms with Crippen LogP contribution in [0.25, 0.3) is 0 Å². The second kappa shape index (κ2) is 5.32. The van der Waals surface area contributed by atoms with Crippen LogP contribution >= 0.6 is 0 Å². The smallest absolute Gasteiger partial charge is 0.333 e. The molecule has 0 aliphatic rings. The first-order chi connectivity index (χ1) is 6.41. The summed E-state index contributed by atoms with van der Waals surface area (Å²) in [4.78, 5) is 10.9. The molecule has 2 atom stereocenters. The van der Waals surface area contributed by atoms with Crippen LogP contribution in [0.4, 0.5) is 0 Å². The van der Waals surface area contributed by atoms with E-state index in [0.717, 1.165) is 6.42 Å². The minimum absolute atomic E-state index is 0.122. The Morgan fingerprint density at radius 1 is 1.36 bits per heavy atom. The number of hydrogen-bond acceptors (Lipinski definition) is 3. The van der Waals surface area contributed by atoms with Crippen molar-refractivity contribution < 1.29 is 19.4 Å². The summed E-state index contributed by atoms with van der Waals surface area (Å²) >= 11 is 0. The Kier molecular flexibility index (Phi) is 5.08. The number of carboxylic acid groups (broad SMARTS) is 1. The molecule has 0 aliphatic heterocycles. The normalized spacial score (nSPS) is 16.4. The van der Waals surface area contributed by atoms with Gasteiger partial charge in [0.15, 0.2) is 6.10 Å². The van der Waals surface area contributed by atoms with E-state index in [1.807, 2.05) is 20.8 Å². The van der Waals surface area contributed by atoms with Crippen molar-refractivity contribution in [2.75, 3.05) is 14.2 Å². The molecule has 0 saturated heterocycles. The first-order valence-corrected chi connectivity index (χ1v) is 4.70. The molecule has 0 radical (unpaired) electrons. The lowest BCUT2D eigenvalue weighted by molar-refractivity contribution is -0.164. The number of ether oxygens (including phenoxy) is 2. The molecule has 4 nitrogen and oxygen atoms in total. The minimum Gasteiger partial charge on any atom is -0.479 e. The van der Waals surface area contributed by atoms with Crippen LogP contribution in [0, 0.1) is 5.41 Å². The van der Waals surface area contributed by atoms with E-state index in [0.29, 0.717) is 0 Å². The van der Waals surface area contributed by atoms with Gasteiger partial charge in [0.1, 0.15) is 0 Å². The van der Waals surface area contributed by atoms with Crippen LogP contribution in [0.3, 0.4) is 0 Å². The predicted molar refractivity (Wildman–Crippen MR) is 53.3 cm³/mol. The summed E-state index contributed by atoms with van der Waals surface area (Å²) in [6, 6.07) is 0. The average molecular weight is 204 g/mol. The topological polar surface area (TPSA) is 55.8 Å². The van der Waals surface area contributed by atoms with E-state index in [-0.39, 0.29) is 6.10 Å². The molecule has 0 aliphatic carbocycles. The van der Waals surface area contributed by atoms with E-state index in [9.17, 15) is 4.79 Å². The van der Waals surface area contributed by atoms with Gasteiger partial charge in [-0.05, 0) is 6.42 Å². The lowest BCUT2D eigenvalue weighted by Crippen LogP contribution is -2.46. The molecule has 0 saturated carbocycles. The van der Waals surface area contributed by atoms with Crippen LogP contribution in [0.2, 0.25) is 0 Å². The van der Waals surface area contributed by atoms with Gasteiger partial charge in [0, 0.05) is 19.6 Å². The Balaban J connectivity index is 4.78. The van der Waals surface area contributed by atoms with Crippen LogP contribution in [-0.2, 0) is 14.3 Å². The lowest BCUT2D eigenvalue weighted by Gasteiger charge is -2.36. The molecule has 0 fully saturated rings. The van der Waals surface area contributed by atoms with Crippen LogP contribution in [-0.4, -0.2) is 37.5 Å². The summed E-state index contributed by atoms with van der Waals surface area (Å²) in [5.41, 5.74) is -0.538. The van der Waals surface area contributed by atoms with Gasteiger partial charge in [0.25, 0.3) is 0 Å². The van der Waals surface area contributed by atoms with E-state index >= 15 is 0 Å². The predicted octanol–water partition coefficient (Wildman–Crippen LogP) is 1.54. The van der Waals surface area contributed by atoms with Crippen LogP contribution in [0.1, 0.15) is 27.2 Å². The van der Waals surface area contributed by atoms with Gasteiger partial charge in [-0.15, -0.1) is 0 Å². The fraction of sp³-hybridized carbons (Fsp3) is 0.900. The maximum Gasteiger partial charge on any atom is 0.333 e. The van der Waals surface area contributed by atoms with Crippen molar-refractivity contribution in [2.24, 2.45) is 5.41 Å². The fourth-order valence-corrected chi connectivity index (χ4v) is 1.89. The Hall–Kier alpha value is -0.610. The molecule has 0 amide bonds. The molecule has 4 heteroatoms. The third kappa shape index (κ3) is 2.69. The van der Waals surface area contributed by atoms with Gasteiger partial charge < -0.3 is 14.6 Å². The third-order valence-electron chi connectivity index (χ3n) is 2.62. The van der Waals surface area contributed by atoms with Crippen molar-refractivity contribution in [1.29, 1.82) is 0 Å². The van der Waals surface area contributed by atoms with E-state index in [1.54, 1.807) is 7.11 Å². The molecule has 2 unspecified atom stereocenters. The molecule has 0 bridgehead atoms. The largest absolute Gasteiger partial charge is 0.479 e. The SMILES string of the molecule is CCC(OC)C(C)(C)C(OC)C(=O)O. The van der Waals surface area contributed by atoms with Gasteiger partial charge in [-0.2, -0.15) is 0 Å². The number of carbonyl (C=O) groups is 1. The van der Waals surface area contributed by atoms with Crippen molar-refractivity contribution >= 4 is 5.97 Å². The minimum atomic E-state index is -0.951. The molecule has 1 N–H and O–H groups in total. The fourth-order valence-electron chi connectivity index (χ4n) is 1.89. The summed E-state index contributed by atoms with van der Waals surface area (Å²) in [7, 11) is 2.99. The van der Waals surface area contributed by atoms with Gasteiger partial charge in [0.05, 0.1) is 6.10 Å². The van der Waals surface area contributed by atoms with Crippen molar-refractivity contribution in [3.63, 3.8) is 0 Å². The standard InChI is InChI=1S/C10H20O4/c1-6-7(13-4)10(2,3)8(14-5)9(11)12/h7-8H,6H2,1-5H3,(H,11,12). The Labute approximate surface area is 85.2 Å². The van der Waals surface area contributed by atoms with E-state index < -0.39 is 17.5 Å². The molecule has 0 aromatic carbocycles. The molecule has 0 spiro atoms. The summed E-state index contributed by atoms with van der Waals surface area (Å²) in [6.07, 6.45) is -0.202. The molecular formula is C10H20O4. The number of methoxy groups -OCH3 is 2. The molecule has 0 rings (SSSR count). The molecule has 0 heterocycles. The van der Waals surface area contributed by atoms with E-state index in [1.165, 1.54) is 7.11 Å². The van der Waals surface area contributed by atoms with Gasteiger partial charge in [-0.3, -0.25) is 0 Å². The lowest BCUT2D eigenvalue weighted by atomic mass is 9.79. The van der Waals surface area contributed by atoms with Crippen molar-refractivity contribution in [2.45, 2.75) is 39.4 Å². The zero-order valence-corrected chi connectivity index (χ0v) is 9.53. The highest BCUT2D eigenvalue weighted by Gasteiger charge is 2.41. The maximum atomic E-state index is 10.9. The van der Waals surface area contributed by atoms with Gasteiger partial charge in [-0.1, -0.05) is 20.8 Å². The molecule has 0 aromatic heterocycles.